The number of nitrogens with one attached hydrogen (secondary N) is 1. The minimum atomic E-state index is 0.243. The van der Waals surface area contributed by atoms with Gasteiger partial charge in [0.25, 0.3) is 0 Å². The van der Waals surface area contributed by atoms with Crippen LogP contribution in [0.2, 0.25) is 0 Å². The zero-order valence-electron chi connectivity index (χ0n) is 23.0. The summed E-state index contributed by atoms with van der Waals surface area (Å²) in [5, 5.41) is 3.14. The molecule has 0 aliphatic rings. The second kappa shape index (κ2) is 28.9. The van der Waals surface area contributed by atoms with Crippen molar-refractivity contribution in [2.24, 2.45) is 10.7 Å². The number of benzene rings is 2. The third-order valence-corrected chi connectivity index (χ3v) is 3.28. The van der Waals surface area contributed by atoms with Gasteiger partial charge in [0.05, 0.1) is 0 Å². The van der Waals surface area contributed by atoms with Gasteiger partial charge in [-0.25, -0.2) is 0 Å². The van der Waals surface area contributed by atoms with Gasteiger partial charge in [-0.1, -0.05) is 110 Å². The molecule has 0 aromatic heterocycles. The fraction of sp³-hybridized carbons (Fsp3) is 0.367. The van der Waals surface area contributed by atoms with Crippen molar-refractivity contribution in [1.82, 2.24) is 0 Å². The maximum absolute atomic E-state index is 4.61. The van der Waals surface area contributed by atoms with Crippen molar-refractivity contribution >= 4 is 11.9 Å². The van der Waals surface area contributed by atoms with Crippen LogP contribution in [0.3, 0.4) is 0 Å². The predicted octanol–water partition coefficient (Wildman–Crippen LogP) is 9.00. The van der Waals surface area contributed by atoms with Crippen molar-refractivity contribution in [3.05, 3.63) is 103 Å². The first-order chi connectivity index (χ1) is 15.8. The summed E-state index contributed by atoms with van der Waals surface area (Å²) in [5.41, 5.74) is 8.54. The Kier molecular flexibility index (Phi) is 32.7. The van der Waals surface area contributed by atoms with E-state index in [9.17, 15) is 0 Å². The zero-order valence-corrected chi connectivity index (χ0v) is 23.0. The van der Waals surface area contributed by atoms with Gasteiger partial charge < -0.3 is 11.1 Å². The molecule has 3 heteroatoms. The van der Waals surface area contributed by atoms with Crippen LogP contribution >= 0.6 is 0 Å². The van der Waals surface area contributed by atoms with Crippen molar-refractivity contribution in [2.45, 2.75) is 67.7 Å². The Morgan fingerprint density at radius 1 is 0.879 bits per heavy atom. The van der Waals surface area contributed by atoms with Crippen molar-refractivity contribution in [3.8, 4) is 0 Å². The molecule has 0 spiro atoms. The molecule has 0 saturated heterocycles. The summed E-state index contributed by atoms with van der Waals surface area (Å²) in [5.74, 6) is 0. The molecule has 0 amide bonds. The highest BCUT2D eigenvalue weighted by atomic mass is 14.8. The normalized spacial score (nSPS) is 9.03. The Labute approximate surface area is 206 Å². The van der Waals surface area contributed by atoms with Crippen molar-refractivity contribution in [2.75, 3.05) is 12.4 Å². The fourth-order valence-electron chi connectivity index (χ4n) is 1.90. The van der Waals surface area contributed by atoms with Gasteiger partial charge in [0.2, 0.25) is 0 Å². The molecule has 3 N–H and O–H groups in total. The van der Waals surface area contributed by atoms with Crippen molar-refractivity contribution < 1.29 is 0 Å². The Morgan fingerprint density at radius 2 is 1.36 bits per heavy atom. The third kappa shape index (κ3) is 26.9. The van der Waals surface area contributed by atoms with E-state index >= 15 is 0 Å². The number of hydrogen-bond donors (Lipinski definition) is 2. The van der Waals surface area contributed by atoms with Gasteiger partial charge in [0, 0.05) is 25.1 Å². The lowest BCUT2D eigenvalue weighted by Crippen LogP contribution is -2.10. The standard InChI is InChI=1S/C11H17N.C10H11N.C3H6.C2H5N.2C2H6/c1-11(2,3)9-6-5-7-10(8-9)12-4;1-2-8-11-9-10-6-4-3-5-7-10;1-3-2;1-2-3;2*1-2/h5-8,12H,1-4H3;2-9H,1H3;3H,1H2,2H3;2H,1,3H2;2*1-2H3/b;8-2-,11-9?;;;;. The van der Waals surface area contributed by atoms with E-state index in [0.717, 1.165) is 5.56 Å². The summed E-state index contributed by atoms with van der Waals surface area (Å²) in [6.45, 7) is 25.0. The van der Waals surface area contributed by atoms with E-state index in [0.29, 0.717) is 0 Å². The van der Waals surface area contributed by atoms with E-state index in [1.54, 1.807) is 12.3 Å². The van der Waals surface area contributed by atoms with E-state index in [2.05, 4.69) is 74.2 Å². The molecule has 2 aromatic carbocycles. The number of allylic oxidation sites excluding steroid dienone is 2. The predicted molar refractivity (Wildman–Crippen MR) is 156 cm³/mol. The van der Waals surface area contributed by atoms with Gasteiger partial charge in [0.1, 0.15) is 0 Å². The average molecular weight is 454 g/mol. The quantitative estimate of drug-likeness (QED) is 0.360. The number of nitrogens with two attached hydrogens (primary N) is 1. The maximum atomic E-state index is 4.61. The number of nitrogens with zero attached hydrogens (tertiary/aromatic N) is 1. The number of hydrogen-bond acceptors (Lipinski definition) is 3. The minimum absolute atomic E-state index is 0.243. The van der Waals surface area contributed by atoms with E-state index < -0.39 is 0 Å². The van der Waals surface area contributed by atoms with Crippen LogP contribution in [-0.4, -0.2) is 13.3 Å². The lowest BCUT2D eigenvalue weighted by molar-refractivity contribution is 0.590. The molecule has 0 atom stereocenters. The van der Waals surface area contributed by atoms with Crippen LogP contribution in [0.5, 0.6) is 0 Å². The summed E-state index contributed by atoms with van der Waals surface area (Å²) >= 11 is 0. The Hall–Kier alpha value is -3.07. The lowest BCUT2D eigenvalue weighted by Gasteiger charge is -2.19. The molecule has 0 fully saturated rings. The van der Waals surface area contributed by atoms with Gasteiger partial charge in [0.15, 0.2) is 0 Å². The Bertz CT molecular complexity index is 703. The van der Waals surface area contributed by atoms with Gasteiger partial charge >= 0.3 is 0 Å². The van der Waals surface area contributed by atoms with Crippen molar-refractivity contribution in [1.29, 1.82) is 0 Å². The summed E-state index contributed by atoms with van der Waals surface area (Å²) in [6.07, 6.45) is 8.51. The van der Waals surface area contributed by atoms with Crippen LogP contribution in [0.4, 0.5) is 5.69 Å². The van der Waals surface area contributed by atoms with Crippen LogP contribution in [0.1, 0.15) is 73.4 Å². The topological polar surface area (TPSA) is 50.4 Å². The second-order valence-electron chi connectivity index (χ2n) is 6.90. The van der Waals surface area contributed by atoms with E-state index in [4.69, 9.17) is 0 Å². The van der Waals surface area contributed by atoms with Crippen LogP contribution in [0.15, 0.2) is 97.3 Å². The molecule has 0 radical (unpaired) electrons. The van der Waals surface area contributed by atoms with Crippen LogP contribution < -0.4 is 11.1 Å². The highest BCUT2D eigenvalue weighted by Crippen LogP contribution is 2.24. The van der Waals surface area contributed by atoms with Gasteiger partial charge in [-0.05, 0) is 48.7 Å². The molecule has 0 aliphatic carbocycles. The number of aliphatic imine (C=N–C) groups is 1. The maximum Gasteiger partial charge on any atom is 0.0340 e. The average Bonchev–Trinajstić information content (AvgIpc) is 2.83. The second-order valence-corrected chi connectivity index (χ2v) is 6.90. The number of anilines is 1. The first-order valence-electron chi connectivity index (χ1n) is 11.7. The van der Waals surface area contributed by atoms with Gasteiger partial charge in [-0.15, -0.1) is 6.58 Å². The largest absolute Gasteiger partial charge is 0.405 e. The minimum Gasteiger partial charge on any atom is -0.405 e. The van der Waals surface area contributed by atoms with Crippen LogP contribution in [0.25, 0.3) is 0 Å². The van der Waals surface area contributed by atoms with Crippen molar-refractivity contribution in [3.63, 3.8) is 0 Å². The van der Waals surface area contributed by atoms with E-state index in [-0.39, 0.29) is 5.41 Å². The highest BCUT2D eigenvalue weighted by molar-refractivity contribution is 5.79. The molecular weight excluding hydrogens is 402 g/mol. The highest BCUT2D eigenvalue weighted by Gasteiger charge is 2.12. The molecule has 2 rings (SSSR count). The van der Waals surface area contributed by atoms with Gasteiger partial charge in [-0.2, -0.15) is 0 Å². The van der Waals surface area contributed by atoms with E-state index in [1.807, 2.05) is 91.2 Å². The first-order valence-corrected chi connectivity index (χ1v) is 11.7. The molecule has 0 bridgehead atoms. The summed E-state index contributed by atoms with van der Waals surface area (Å²) in [6, 6.07) is 18.6. The van der Waals surface area contributed by atoms with E-state index in [1.165, 1.54) is 17.5 Å². The summed E-state index contributed by atoms with van der Waals surface area (Å²) in [4.78, 5) is 4.05. The molecule has 0 unspecified atom stereocenters. The molecule has 3 nitrogen and oxygen atoms in total. The number of rotatable bonds is 3. The lowest BCUT2D eigenvalue weighted by atomic mass is 9.87. The Balaban J connectivity index is -0.000000184. The fourth-order valence-corrected chi connectivity index (χ4v) is 1.90. The molecule has 0 saturated carbocycles. The SMILES string of the molecule is C/C=C\N=Cc1ccccc1.C=CC.C=CN.CC.CC.CNc1cccc(C(C)(C)C)c1. The third-order valence-electron chi connectivity index (χ3n) is 3.28. The molecule has 0 aliphatic heterocycles. The summed E-state index contributed by atoms with van der Waals surface area (Å²) in [7, 11) is 1.95. The summed E-state index contributed by atoms with van der Waals surface area (Å²) < 4.78 is 0. The smallest absolute Gasteiger partial charge is 0.0340 e. The molecule has 0 heterocycles. The molecule has 2 aromatic rings. The Morgan fingerprint density at radius 3 is 1.76 bits per heavy atom. The molecular formula is C30H51N3. The molecule has 186 valence electrons. The van der Waals surface area contributed by atoms with Gasteiger partial charge in [-0.3, -0.25) is 4.99 Å². The van der Waals surface area contributed by atoms with Crippen LogP contribution in [0, 0.1) is 0 Å². The zero-order chi connectivity index (χ0) is 26.5. The van der Waals surface area contributed by atoms with Crippen LogP contribution in [-0.2, 0) is 5.41 Å². The molecule has 33 heavy (non-hydrogen) atoms. The monoisotopic (exact) mass is 453 g/mol. The first kappa shape index (κ1) is 37.3.